The van der Waals surface area contributed by atoms with E-state index in [1.807, 2.05) is 34.9 Å². The lowest BCUT2D eigenvalue weighted by Crippen LogP contribution is -2.36. The Kier molecular flexibility index (Phi) is 5.62. The van der Waals surface area contributed by atoms with Crippen molar-refractivity contribution in [3.05, 3.63) is 43.0 Å². The summed E-state index contributed by atoms with van der Waals surface area (Å²) in [4.78, 5) is 27.2. The first-order valence-electron chi connectivity index (χ1n) is 9.35. The Labute approximate surface area is 162 Å². The molecular weight excluding hydrogens is 358 g/mol. The lowest BCUT2D eigenvalue weighted by atomic mass is 10.3. The van der Waals surface area contributed by atoms with Gasteiger partial charge < -0.3 is 24.8 Å². The molecule has 3 aromatic rings. The Morgan fingerprint density at radius 3 is 2.86 bits per heavy atom. The molecule has 2 N–H and O–H groups in total. The van der Waals surface area contributed by atoms with E-state index in [1.165, 1.54) is 0 Å². The zero-order valence-corrected chi connectivity index (χ0v) is 15.5. The van der Waals surface area contributed by atoms with E-state index >= 15 is 0 Å². The van der Waals surface area contributed by atoms with Crippen LogP contribution in [0.2, 0.25) is 0 Å². The van der Waals surface area contributed by atoms with Crippen LogP contribution in [0.4, 0.5) is 11.6 Å². The minimum Gasteiger partial charge on any atom is -0.378 e. The lowest BCUT2D eigenvalue weighted by molar-refractivity contribution is -0.121. The molecule has 0 atom stereocenters. The molecule has 0 radical (unpaired) electrons. The standard InChI is InChI=1S/C19H23N7O2/c27-19(12-26-14-24-15-3-1-2-4-16(15)26)21-6-5-20-17-11-18(23-13-22-17)25-7-9-28-10-8-25/h1-4,11,13-14H,5-10,12H2,(H,21,27)(H,20,22,23). The quantitative estimate of drug-likeness (QED) is 0.587. The van der Waals surface area contributed by atoms with Gasteiger partial charge >= 0.3 is 0 Å². The van der Waals surface area contributed by atoms with Crippen LogP contribution in [0.3, 0.4) is 0 Å². The molecule has 0 spiro atoms. The fourth-order valence-electron chi connectivity index (χ4n) is 3.15. The number of nitrogens with one attached hydrogen (secondary N) is 2. The normalized spacial score (nSPS) is 14.2. The van der Waals surface area contributed by atoms with Crippen molar-refractivity contribution < 1.29 is 9.53 Å². The third-order valence-electron chi connectivity index (χ3n) is 4.58. The highest BCUT2D eigenvalue weighted by molar-refractivity contribution is 5.80. The highest BCUT2D eigenvalue weighted by atomic mass is 16.5. The van der Waals surface area contributed by atoms with Crippen molar-refractivity contribution in [1.82, 2.24) is 24.8 Å². The van der Waals surface area contributed by atoms with Gasteiger partial charge in [0.2, 0.25) is 5.91 Å². The topological polar surface area (TPSA) is 97.2 Å². The number of hydrogen-bond acceptors (Lipinski definition) is 7. The average Bonchev–Trinajstić information content (AvgIpc) is 3.15. The van der Waals surface area contributed by atoms with Crippen molar-refractivity contribution in [3.63, 3.8) is 0 Å². The minimum atomic E-state index is -0.0540. The van der Waals surface area contributed by atoms with Crippen LogP contribution in [0.1, 0.15) is 0 Å². The first-order valence-corrected chi connectivity index (χ1v) is 9.35. The van der Waals surface area contributed by atoms with Gasteiger partial charge in [0.1, 0.15) is 24.5 Å². The highest BCUT2D eigenvalue weighted by Gasteiger charge is 2.13. The number of benzene rings is 1. The summed E-state index contributed by atoms with van der Waals surface area (Å²) >= 11 is 0. The molecular formula is C19H23N7O2. The molecule has 1 saturated heterocycles. The molecule has 9 heteroatoms. The Bertz CT molecular complexity index is 937. The van der Waals surface area contributed by atoms with Crippen LogP contribution in [0.15, 0.2) is 43.0 Å². The number of morpholine rings is 1. The lowest BCUT2D eigenvalue weighted by Gasteiger charge is -2.27. The number of carbonyl (C=O) groups is 1. The van der Waals surface area contributed by atoms with Gasteiger partial charge in [0.05, 0.1) is 30.6 Å². The van der Waals surface area contributed by atoms with Crippen LogP contribution in [0.5, 0.6) is 0 Å². The molecule has 28 heavy (non-hydrogen) atoms. The maximum absolute atomic E-state index is 12.2. The maximum Gasteiger partial charge on any atom is 0.240 e. The number of aromatic nitrogens is 4. The predicted octanol–water partition coefficient (Wildman–Crippen LogP) is 0.891. The van der Waals surface area contributed by atoms with Crippen LogP contribution < -0.4 is 15.5 Å². The van der Waals surface area contributed by atoms with Gasteiger partial charge in [-0.3, -0.25) is 4.79 Å². The number of hydrogen-bond donors (Lipinski definition) is 2. The summed E-state index contributed by atoms with van der Waals surface area (Å²) in [6, 6.07) is 9.68. The number of ether oxygens (including phenoxy) is 1. The summed E-state index contributed by atoms with van der Waals surface area (Å²) in [6.07, 6.45) is 3.24. The molecule has 1 aliphatic heterocycles. The second-order valence-electron chi connectivity index (χ2n) is 6.50. The first-order chi connectivity index (χ1) is 13.8. The molecule has 2 aromatic heterocycles. The van der Waals surface area contributed by atoms with Crippen molar-refractivity contribution in [2.75, 3.05) is 49.6 Å². The number of amides is 1. The van der Waals surface area contributed by atoms with E-state index in [4.69, 9.17) is 4.74 Å². The van der Waals surface area contributed by atoms with E-state index in [1.54, 1.807) is 12.7 Å². The number of fused-ring (bicyclic) bond motifs is 1. The van der Waals surface area contributed by atoms with Crippen LogP contribution in [0, 0.1) is 0 Å². The maximum atomic E-state index is 12.2. The largest absolute Gasteiger partial charge is 0.378 e. The fourth-order valence-corrected chi connectivity index (χ4v) is 3.15. The van der Waals surface area contributed by atoms with Crippen molar-refractivity contribution in [1.29, 1.82) is 0 Å². The van der Waals surface area contributed by atoms with Gasteiger partial charge in [0, 0.05) is 32.2 Å². The molecule has 1 amide bonds. The molecule has 1 fully saturated rings. The molecule has 0 aliphatic carbocycles. The van der Waals surface area contributed by atoms with Crippen LogP contribution in [0.25, 0.3) is 11.0 Å². The summed E-state index contributed by atoms with van der Waals surface area (Å²) < 4.78 is 7.21. The third-order valence-corrected chi connectivity index (χ3v) is 4.58. The number of carbonyl (C=O) groups excluding carboxylic acids is 1. The van der Waals surface area contributed by atoms with Gasteiger partial charge in [0.15, 0.2) is 0 Å². The van der Waals surface area contributed by atoms with Gasteiger partial charge in [0.25, 0.3) is 0 Å². The zero-order chi connectivity index (χ0) is 19.2. The van der Waals surface area contributed by atoms with Crippen molar-refractivity contribution in [3.8, 4) is 0 Å². The van der Waals surface area contributed by atoms with Crippen molar-refractivity contribution >= 4 is 28.6 Å². The Hall–Kier alpha value is -3.20. The van der Waals surface area contributed by atoms with Crippen molar-refractivity contribution in [2.24, 2.45) is 0 Å². The van der Waals surface area contributed by atoms with E-state index in [2.05, 4.69) is 30.5 Å². The van der Waals surface area contributed by atoms with Gasteiger partial charge in [-0.2, -0.15) is 0 Å². The van der Waals surface area contributed by atoms with Crippen LogP contribution in [-0.4, -0.2) is 64.8 Å². The Balaban J connectivity index is 1.24. The molecule has 0 unspecified atom stereocenters. The summed E-state index contributed by atoms with van der Waals surface area (Å²) in [5.74, 6) is 1.57. The molecule has 9 nitrogen and oxygen atoms in total. The van der Waals surface area contributed by atoms with E-state index in [0.29, 0.717) is 26.3 Å². The van der Waals surface area contributed by atoms with Crippen LogP contribution >= 0.6 is 0 Å². The van der Waals surface area contributed by atoms with E-state index in [0.717, 1.165) is 35.8 Å². The summed E-state index contributed by atoms with van der Waals surface area (Å²) in [5.41, 5.74) is 1.84. The van der Waals surface area contributed by atoms with Gasteiger partial charge in [-0.05, 0) is 12.1 Å². The van der Waals surface area contributed by atoms with Gasteiger partial charge in [-0.1, -0.05) is 12.1 Å². The molecule has 3 heterocycles. The van der Waals surface area contributed by atoms with E-state index in [9.17, 15) is 4.79 Å². The zero-order valence-electron chi connectivity index (χ0n) is 15.5. The molecule has 0 saturated carbocycles. The SMILES string of the molecule is O=C(Cn1cnc2ccccc21)NCCNc1cc(N2CCOCC2)ncn1. The monoisotopic (exact) mass is 381 g/mol. The molecule has 146 valence electrons. The number of rotatable bonds is 7. The number of nitrogens with zero attached hydrogens (tertiary/aromatic N) is 5. The molecule has 1 aliphatic rings. The second-order valence-corrected chi connectivity index (χ2v) is 6.50. The first kappa shape index (κ1) is 18.2. The van der Waals surface area contributed by atoms with E-state index in [-0.39, 0.29) is 12.5 Å². The van der Waals surface area contributed by atoms with Gasteiger partial charge in [-0.25, -0.2) is 15.0 Å². The van der Waals surface area contributed by atoms with E-state index < -0.39 is 0 Å². The van der Waals surface area contributed by atoms with Crippen LogP contribution in [-0.2, 0) is 16.1 Å². The van der Waals surface area contributed by atoms with Gasteiger partial charge in [-0.15, -0.1) is 0 Å². The van der Waals surface area contributed by atoms with Crippen molar-refractivity contribution in [2.45, 2.75) is 6.54 Å². The second kappa shape index (κ2) is 8.66. The summed E-state index contributed by atoms with van der Waals surface area (Å²) in [7, 11) is 0. The Morgan fingerprint density at radius 1 is 1.11 bits per heavy atom. The number of anilines is 2. The summed E-state index contributed by atoms with van der Waals surface area (Å²) in [5, 5.41) is 6.14. The summed E-state index contributed by atoms with van der Waals surface area (Å²) in [6.45, 7) is 4.41. The Morgan fingerprint density at radius 2 is 1.96 bits per heavy atom. The molecule has 0 bridgehead atoms. The smallest absolute Gasteiger partial charge is 0.240 e. The number of para-hydroxylation sites is 2. The molecule has 4 rings (SSSR count). The third kappa shape index (κ3) is 4.37. The molecule has 1 aromatic carbocycles. The average molecular weight is 381 g/mol. The highest BCUT2D eigenvalue weighted by Crippen LogP contribution is 2.15. The minimum absolute atomic E-state index is 0.0540. The fraction of sp³-hybridized carbons (Fsp3) is 0.368. The predicted molar refractivity (Wildman–Crippen MR) is 106 cm³/mol. The number of imidazole rings is 1.